The summed E-state index contributed by atoms with van der Waals surface area (Å²) in [4.78, 5) is 16.9. The van der Waals surface area contributed by atoms with Crippen molar-refractivity contribution < 1.29 is 4.74 Å². The number of ether oxygens (including phenoxy) is 1. The van der Waals surface area contributed by atoms with Gasteiger partial charge in [-0.15, -0.1) is 0 Å². The molecule has 0 bridgehead atoms. The Balaban J connectivity index is 2.79. The molecule has 1 heterocycles. The fourth-order valence-electron chi connectivity index (χ4n) is 1.37. The van der Waals surface area contributed by atoms with Gasteiger partial charge < -0.3 is 19.9 Å². The number of anilines is 2. The van der Waals surface area contributed by atoms with Crippen LogP contribution in [0.3, 0.4) is 0 Å². The fraction of sp³-hybridized carbons (Fsp3) is 0.750. The number of nitrogens with one attached hydrogen (secondary N) is 1. The molecule has 0 aliphatic rings. The lowest BCUT2D eigenvalue weighted by atomic mass is 10.5. The molecule has 7 heteroatoms. The number of rotatable bonds is 8. The summed E-state index contributed by atoms with van der Waals surface area (Å²) in [5.74, 6) is 1.17. The van der Waals surface area contributed by atoms with Gasteiger partial charge in [0, 0.05) is 26.7 Å². The van der Waals surface area contributed by atoms with Crippen molar-refractivity contribution in [2.45, 2.75) is 13.3 Å². The Kier molecular flexibility index (Phi) is 6.27. The molecule has 0 amide bonds. The first-order valence-electron chi connectivity index (χ1n) is 6.46. The highest BCUT2D eigenvalue weighted by atomic mass is 16.5. The second kappa shape index (κ2) is 7.73. The van der Waals surface area contributed by atoms with Crippen LogP contribution in [-0.2, 0) is 0 Å². The Morgan fingerprint density at radius 2 is 1.84 bits per heavy atom. The Labute approximate surface area is 115 Å². The number of methoxy groups -OCH3 is 1. The minimum atomic E-state index is 0.334. The van der Waals surface area contributed by atoms with Crippen LogP contribution in [-0.4, -0.2) is 67.7 Å². The van der Waals surface area contributed by atoms with Crippen LogP contribution in [0.15, 0.2) is 0 Å². The zero-order valence-corrected chi connectivity index (χ0v) is 12.5. The molecule has 0 radical (unpaired) electrons. The fourth-order valence-corrected chi connectivity index (χ4v) is 1.37. The second-order valence-electron chi connectivity index (χ2n) is 4.60. The summed E-state index contributed by atoms with van der Waals surface area (Å²) in [6.07, 6.45) is 1.01. The quantitative estimate of drug-likeness (QED) is 0.744. The van der Waals surface area contributed by atoms with E-state index in [9.17, 15) is 0 Å². The first kappa shape index (κ1) is 15.4. The Bertz CT molecular complexity index is 384. The molecule has 0 spiro atoms. The van der Waals surface area contributed by atoms with Crippen LogP contribution >= 0.6 is 0 Å². The van der Waals surface area contributed by atoms with Gasteiger partial charge in [0.2, 0.25) is 11.9 Å². The molecule has 1 N–H and O–H groups in total. The van der Waals surface area contributed by atoms with Gasteiger partial charge in [-0.25, -0.2) is 0 Å². The van der Waals surface area contributed by atoms with Gasteiger partial charge in [-0.05, 0) is 20.5 Å². The minimum Gasteiger partial charge on any atom is -0.467 e. The smallest absolute Gasteiger partial charge is 0.322 e. The number of aromatic nitrogens is 3. The lowest BCUT2D eigenvalue weighted by Gasteiger charge is -2.20. The summed E-state index contributed by atoms with van der Waals surface area (Å²) in [7, 11) is 7.59. The maximum atomic E-state index is 5.11. The molecule has 1 rings (SSSR count). The van der Waals surface area contributed by atoms with E-state index in [4.69, 9.17) is 4.74 Å². The van der Waals surface area contributed by atoms with Crippen molar-refractivity contribution in [2.75, 3.05) is 58.1 Å². The van der Waals surface area contributed by atoms with Gasteiger partial charge in [0.1, 0.15) is 0 Å². The third kappa shape index (κ3) is 5.25. The van der Waals surface area contributed by atoms with E-state index in [0.717, 1.165) is 26.1 Å². The molecule has 0 atom stereocenters. The van der Waals surface area contributed by atoms with Crippen LogP contribution in [0.4, 0.5) is 11.9 Å². The van der Waals surface area contributed by atoms with Crippen molar-refractivity contribution in [1.29, 1.82) is 0 Å². The molecule has 0 aliphatic carbocycles. The minimum absolute atomic E-state index is 0.334. The van der Waals surface area contributed by atoms with Gasteiger partial charge in [0.05, 0.1) is 7.11 Å². The monoisotopic (exact) mass is 268 g/mol. The van der Waals surface area contributed by atoms with Gasteiger partial charge in [-0.3, -0.25) is 0 Å². The topological polar surface area (TPSA) is 66.4 Å². The van der Waals surface area contributed by atoms with Crippen molar-refractivity contribution in [2.24, 2.45) is 0 Å². The van der Waals surface area contributed by atoms with Gasteiger partial charge >= 0.3 is 6.01 Å². The van der Waals surface area contributed by atoms with E-state index >= 15 is 0 Å². The molecular formula is C12H24N6O. The summed E-state index contributed by atoms with van der Waals surface area (Å²) in [6.45, 7) is 4.69. The molecule has 1 aromatic heterocycles. The molecule has 0 aliphatic heterocycles. The molecule has 19 heavy (non-hydrogen) atoms. The first-order valence-corrected chi connectivity index (χ1v) is 6.46. The maximum Gasteiger partial charge on any atom is 0.322 e. The van der Waals surface area contributed by atoms with Crippen molar-refractivity contribution in [3.05, 3.63) is 0 Å². The summed E-state index contributed by atoms with van der Waals surface area (Å²) >= 11 is 0. The van der Waals surface area contributed by atoms with Crippen LogP contribution in [0.5, 0.6) is 6.01 Å². The van der Waals surface area contributed by atoms with Crippen LogP contribution < -0.4 is 15.0 Å². The largest absolute Gasteiger partial charge is 0.467 e. The van der Waals surface area contributed by atoms with E-state index in [1.54, 1.807) is 7.11 Å². The Morgan fingerprint density at radius 3 is 2.42 bits per heavy atom. The Morgan fingerprint density at radius 1 is 1.11 bits per heavy atom. The molecule has 0 saturated carbocycles. The molecule has 108 valence electrons. The zero-order valence-electron chi connectivity index (χ0n) is 12.5. The molecule has 0 aromatic carbocycles. The third-order valence-corrected chi connectivity index (χ3v) is 2.54. The summed E-state index contributed by atoms with van der Waals surface area (Å²) in [5.41, 5.74) is 0. The highest BCUT2D eigenvalue weighted by Gasteiger charge is 2.10. The molecule has 0 fully saturated rings. The van der Waals surface area contributed by atoms with Crippen molar-refractivity contribution in [3.8, 4) is 6.01 Å². The molecule has 7 nitrogen and oxygen atoms in total. The average Bonchev–Trinajstić information content (AvgIpc) is 2.41. The lowest BCUT2D eigenvalue weighted by Crippen LogP contribution is -2.30. The van der Waals surface area contributed by atoms with Crippen molar-refractivity contribution in [3.63, 3.8) is 0 Å². The highest BCUT2D eigenvalue weighted by Crippen LogP contribution is 2.13. The average molecular weight is 268 g/mol. The number of nitrogens with zero attached hydrogens (tertiary/aromatic N) is 5. The van der Waals surface area contributed by atoms with E-state index in [2.05, 4.69) is 32.1 Å². The summed E-state index contributed by atoms with van der Waals surface area (Å²) in [5, 5.41) is 3.15. The molecule has 1 aromatic rings. The summed E-state index contributed by atoms with van der Waals surface area (Å²) < 4.78 is 5.11. The van der Waals surface area contributed by atoms with E-state index < -0.39 is 0 Å². The normalized spacial score (nSPS) is 10.6. The van der Waals surface area contributed by atoms with Crippen molar-refractivity contribution >= 4 is 11.9 Å². The molecular weight excluding hydrogens is 244 g/mol. The zero-order chi connectivity index (χ0) is 14.3. The molecule has 0 unspecified atom stereocenters. The predicted molar refractivity (Wildman–Crippen MR) is 77.0 cm³/mol. The SMILES string of the molecule is CCCNc1nc(OC)nc(N(C)CCN(C)C)n1. The predicted octanol–water partition coefficient (Wildman–Crippen LogP) is 0.700. The van der Waals surface area contributed by atoms with Gasteiger partial charge in [-0.2, -0.15) is 15.0 Å². The summed E-state index contributed by atoms with van der Waals surface area (Å²) in [6, 6.07) is 0.334. The highest BCUT2D eigenvalue weighted by molar-refractivity contribution is 5.37. The van der Waals surface area contributed by atoms with E-state index in [1.165, 1.54) is 0 Å². The van der Waals surface area contributed by atoms with E-state index in [0.29, 0.717) is 17.9 Å². The van der Waals surface area contributed by atoms with Crippen LogP contribution in [0, 0.1) is 0 Å². The maximum absolute atomic E-state index is 5.11. The second-order valence-corrected chi connectivity index (χ2v) is 4.60. The van der Waals surface area contributed by atoms with Crippen LogP contribution in [0.2, 0.25) is 0 Å². The van der Waals surface area contributed by atoms with E-state index in [-0.39, 0.29) is 0 Å². The Hall–Kier alpha value is -1.63. The standard InChI is InChI=1S/C12H24N6O/c1-6-7-13-10-14-11(16-12(15-10)19-5)18(4)9-8-17(2)3/h6-9H2,1-5H3,(H,13,14,15,16). The molecule has 0 saturated heterocycles. The van der Waals surface area contributed by atoms with E-state index in [1.807, 2.05) is 26.0 Å². The van der Waals surface area contributed by atoms with Gasteiger partial charge in [0.25, 0.3) is 0 Å². The van der Waals surface area contributed by atoms with Crippen molar-refractivity contribution in [1.82, 2.24) is 19.9 Å². The van der Waals surface area contributed by atoms with Gasteiger partial charge in [0.15, 0.2) is 0 Å². The lowest BCUT2D eigenvalue weighted by molar-refractivity contribution is 0.378. The number of hydrogen-bond acceptors (Lipinski definition) is 7. The number of hydrogen-bond donors (Lipinski definition) is 1. The van der Waals surface area contributed by atoms with Crippen LogP contribution in [0.1, 0.15) is 13.3 Å². The first-order chi connectivity index (χ1) is 9.06. The number of likely N-dealkylation sites (N-methyl/N-ethyl adjacent to an activating group) is 2. The van der Waals surface area contributed by atoms with Gasteiger partial charge in [-0.1, -0.05) is 6.92 Å². The van der Waals surface area contributed by atoms with Crippen LogP contribution in [0.25, 0.3) is 0 Å². The third-order valence-electron chi connectivity index (χ3n) is 2.54.